The maximum absolute atomic E-state index is 11.3. The highest BCUT2D eigenvalue weighted by atomic mass is 35.5. The van der Waals surface area contributed by atoms with Gasteiger partial charge in [-0.3, -0.25) is 9.36 Å². The summed E-state index contributed by atoms with van der Waals surface area (Å²) in [5, 5.41) is 8.39. The first-order valence-electron chi connectivity index (χ1n) is 6.32. The molecular weight excluding hydrogens is 262 g/mol. The fourth-order valence-electron chi connectivity index (χ4n) is 2.15. The van der Waals surface area contributed by atoms with Gasteiger partial charge in [-0.2, -0.15) is 0 Å². The van der Waals surface area contributed by atoms with Crippen LogP contribution in [0.15, 0.2) is 24.3 Å². The van der Waals surface area contributed by atoms with E-state index in [4.69, 9.17) is 11.6 Å². The van der Waals surface area contributed by atoms with Gasteiger partial charge in [0.05, 0.1) is 5.88 Å². The van der Waals surface area contributed by atoms with Crippen LogP contribution < -0.4 is 0 Å². The second-order valence-electron chi connectivity index (χ2n) is 4.82. The van der Waals surface area contributed by atoms with Crippen molar-refractivity contribution in [3.05, 3.63) is 41.5 Å². The molecule has 1 aliphatic carbocycles. The first kappa shape index (κ1) is 12.4. The number of benzene rings is 1. The monoisotopic (exact) mass is 275 g/mol. The molecule has 4 nitrogen and oxygen atoms in total. The zero-order valence-corrected chi connectivity index (χ0v) is 11.4. The van der Waals surface area contributed by atoms with E-state index in [-0.39, 0.29) is 5.78 Å². The minimum Gasteiger partial charge on any atom is -0.295 e. The maximum atomic E-state index is 11.3. The van der Waals surface area contributed by atoms with Crippen LogP contribution in [0.3, 0.4) is 0 Å². The van der Waals surface area contributed by atoms with Gasteiger partial charge < -0.3 is 0 Å². The summed E-state index contributed by atoms with van der Waals surface area (Å²) in [6.07, 6.45) is 2.32. The molecule has 3 rings (SSSR count). The van der Waals surface area contributed by atoms with E-state index in [2.05, 4.69) is 10.2 Å². The number of hydrogen-bond acceptors (Lipinski definition) is 3. The Kier molecular flexibility index (Phi) is 3.11. The topological polar surface area (TPSA) is 47.8 Å². The van der Waals surface area contributed by atoms with Crippen molar-refractivity contribution in [1.29, 1.82) is 0 Å². The molecule has 0 aliphatic heterocycles. The van der Waals surface area contributed by atoms with Crippen LogP contribution in [0.25, 0.3) is 5.69 Å². The standard InChI is InChI=1S/C14H14ClN3O/c1-9(19)10-4-6-12(7-5-10)18-13(8-15)16-17-14(18)11-2-3-11/h4-7,11H,2-3,8H2,1H3. The number of rotatable bonds is 4. The second kappa shape index (κ2) is 4.78. The molecule has 98 valence electrons. The maximum Gasteiger partial charge on any atom is 0.159 e. The van der Waals surface area contributed by atoms with Crippen LogP contribution in [-0.2, 0) is 5.88 Å². The minimum atomic E-state index is 0.0651. The number of carbonyl (C=O) groups is 1. The Morgan fingerprint density at radius 2 is 2.00 bits per heavy atom. The highest BCUT2D eigenvalue weighted by Crippen LogP contribution is 2.40. The van der Waals surface area contributed by atoms with Gasteiger partial charge in [-0.1, -0.05) is 0 Å². The van der Waals surface area contributed by atoms with E-state index in [0.717, 1.165) is 30.2 Å². The van der Waals surface area contributed by atoms with Crippen LogP contribution in [0.4, 0.5) is 0 Å². The third-order valence-corrected chi connectivity index (χ3v) is 3.59. The van der Waals surface area contributed by atoms with E-state index in [9.17, 15) is 4.79 Å². The highest BCUT2D eigenvalue weighted by Gasteiger charge is 2.30. The van der Waals surface area contributed by atoms with Gasteiger partial charge in [0.1, 0.15) is 5.82 Å². The molecule has 5 heteroatoms. The fourth-order valence-corrected chi connectivity index (χ4v) is 2.32. The molecule has 1 saturated carbocycles. The van der Waals surface area contributed by atoms with Crippen molar-refractivity contribution in [1.82, 2.24) is 14.8 Å². The lowest BCUT2D eigenvalue weighted by Gasteiger charge is -2.09. The zero-order valence-electron chi connectivity index (χ0n) is 10.6. The van der Waals surface area contributed by atoms with E-state index in [1.807, 2.05) is 28.8 Å². The molecule has 1 fully saturated rings. The van der Waals surface area contributed by atoms with Gasteiger partial charge in [-0.25, -0.2) is 0 Å². The van der Waals surface area contributed by atoms with E-state index >= 15 is 0 Å². The SMILES string of the molecule is CC(=O)c1ccc(-n2c(CCl)nnc2C2CC2)cc1. The van der Waals surface area contributed by atoms with E-state index in [0.29, 0.717) is 17.4 Å². The Labute approximate surface area is 116 Å². The van der Waals surface area contributed by atoms with Crippen LogP contribution in [0.1, 0.15) is 47.7 Å². The van der Waals surface area contributed by atoms with Gasteiger partial charge >= 0.3 is 0 Å². The molecule has 0 radical (unpaired) electrons. The number of nitrogens with zero attached hydrogens (tertiary/aromatic N) is 3. The number of alkyl halides is 1. The molecule has 1 aromatic heterocycles. The van der Waals surface area contributed by atoms with Gasteiger partial charge in [-0.15, -0.1) is 21.8 Å². The second-order valence-corrected chi connectivity index (χ2v) is 5.09. The third-order valence-electron chi connectivity index (χ3n) is 3.35. The molecule has 1 aromatic carbocycles. The molecule has 2 aromatic rings. The minimum absolute atomic E-state index is 0.0651. The fraction of sp³-hybridized carbons (Fsp3) is 0.357. The highest BCUT2D eigenvalue weighted by molar-refractivity contribution is 6.16. The van der Waals surface area contributed by atoms with E-state index < -0.39 is 0 Å². The molecule has 0 unspecified atom stereocenters. The van der Waals surface area contributed by atoms with Gasteiger partial charge in [0.25, 0.3) is 0 Å². The predicted octanol–water partition coefficient (Wildman–Crippen LogP) is 3.09. The lowest BCUT2D eigenvalue weighted by atomic mass is 10.1. The van der Waals surface area contributed by atoms with Crippen LogP contribution in [-0.4, -0.2) is 20.5 Å². The molecule has 0 N–H and O–H groups in total. The largest absolute Gasteiger partial charge is 0.295 e. The molecule has 1 aliphatic rings. The van der Waals surface area contributed by atoms with E-state index in [1.165, 1.54) is 0 Å². The van der Waals surface area contributed by atoms with Gasteiger partial charge in [0.15, 0.2) is 11.6 Å². The molecule has 0 bridgehead atoms. The molecule has 0 amide bonds. The summed E-state index contributed by atoms with van der Waals surface area (Å²) in [6, 6.07) is 7.49. The van der Waals surface area contributed by atoms with Crippen LogP contribution in [0.2, 0.25) is 0 Å². The van der Waals surface area contributed by atoms with Gasteiger partial charge in [0.2, 0.25) is 0 Å². The first-order valence-corrected chi connectivity index (χ1v) is 6.85. The van der Waals surface area contributed by atoms with E-state index in [1.54, 1.807) is 6.92 Å². The Bertz CT molecular complexity index is 614. The number of hydrogen-bond donors (Lipinski definition) is 0. The van der Waals surface area contributed by atoms with Crippen LogP contribution in [0.5, 0.6) is 0 Å². The smallest absolute Gasteiger partial charge is 0.159 e. The lowest BCUT2D eigenvalue weighted by molar-refractivity contribution is 0.101. The Balaban J connectivity index is 2.04. The number of ketones is 1. The molecule has 0 saturated heterocycles. The summed E-state index contributed by atoms with van der Waals surface area (Å²) in [7, 11) is 0. The van der Waals surface area contributed by atoms with Crippen molar-refractivity contribution < 1.29 is 4.79 Å². The Morgan fingerprint density at radius 1 is 1.32 bits per heavy atom. The molecular formula is C14H14ClN3O. The number of aromatic nitrogens is 3. The normalized spacial score (nSPS) is 14.6. The lowest BCUT2D eigenvalue weighted by Crippen LogP contribution is -2.04. The van der Waals surface area contributed by atoms with Crippen LogP contribution >= 0.6 is 11.6 Å². The average Bonchev–Trinajstić information content (AvgIpc) is 3.18. The van der Waals surface area contributed by atoms with Crippen molar-refractivity contribution in [2.75, 3.05) is 0 Å². The summed E-state index contributed by atoms with van der Waals surface area (Å²) in [5.41, 5.74) is 1.67. The summed E-state index contributed by atoms with van der Waals surface area (Å²) in [6.45, 7) is 1.56. The quantitative estimate of drug-likeness (QED) is 0.636. The third kappa shape index (κ3) is 2.28. The number of carbonyl (C=O) groups excluding carboxylic acids is 1. The zero-order chi connectivity index (χ0) is 13.4. The van der Waals surface area contributed by atoms with Crippen molar-refractivity contribution in [2.45, 2.75) is 31.6 Å². The van der Waals surface area contributed by atoms with Gasteiger partial charge in [0, 0.05) is 17.2 Å². The van der Waals surface area contributed by atoms with Gasteiger partial charge in [-0.05, 0) is 44.0 Å². The average molecular weight is 276 g/mol. The Morgan fingerprint density at radius 3 is 2.53 bits per heavy atom. The molecule has 19 heavy (non-hydrogen) atoms. The number of Topliss-reactive ketones (excluding diaryl/α,β-unsaturated/α-hetero) is 1. The van der Waals surface area contributed by atoms with Crippen molar-refractivity contribution >= 4 is 17.4 Å². The first-order chi connectivity index (χ1) is 9.20. The van der Waals surface area contributed by atoms with Crippen molar-refractivity contribution in [3.8, 4) is 5.69 Å². The van der Waals surface area contributed by atoms with Crippen molar-refractivity contribution in [2.24, 2.45) is 0 Å². The summed E-state index contributed by atoms with van der Waals surface area (Å²) in [4.78, 5) is 11.3. The van der Waals surface area contributed by atoms with Crippen LogP contribution in [0, 0.1) is 0 Å². The molecule has 0 atom stereocenters. The molecule has 0 spiro atoms. The predicted molar refractivity (Wildman–Crippen MR) is 72.9 cm³/mol. The number of halogens is 1. The summed E-state index contributed by atoms with van der Waals surface area (Å²) in [5.74, 6) is 2.62. The molecule has 1 heterocycles. The summed E-state index contributed by atoms with van der Waals surface area (Å²) >= 11 is 5.92. The Hall–Kier alpha value is -1.68. The summed E-state index contributed by atoms with van der Waals surface area (Å²) < 4.78 is 2.01. The van der Waals surface area contributed by atoms with Crippen molar-refractivity contribution in [3.63, 3.8) is 0 Å².